The molecular formula is C11H7BO. The molecule has 13 heavy (non-hydrogen) atoms. The lowest BCUT2D eigenvalue weighted by molar-refractivity contribution is 0.112. The van der Waals surface area contributed by atoms with Crippen LogP contribution in [0, 0.1) is 0 Å². The Hall–Kier alpha value is -1.57. The summed E-state index contributed by atoms with van der Waals surface area (Å²) in [6.45, 7) is 0. The van der Waals surface area contributed by atoms with Crippen molar-refractivity contribution in [2.75, 3.05) is 0 Å². The molecule has 2 rings (SSSR count). The van der Waals surface area contributed by atoms with E-state index in [4.69, 9.17) is 7.85 Å². The molecule has 0 heterocycles. The molecule has 0 aliphatic carbocycles. The van der Waals surface area contributed by atoms with Crippen molar-refractivity contribution in [2.24, 2.45) is 0 Å². The number of aldehydes is 1. The van der Waals surface area contributed by atoms with Crippen LogP contribution in [0.4, 0.5) is 0 Å². The summed E-state index contributed by atoms with van der Waals surface area (Å²) in [5.74, 6) is 0. The standard InChI is InChI=1S/C11H7BO/c12-11-3-1-2-9-6-8(7-13)4-5-10(9)11/h1-7H. The zero-order valence-electron chi connectivity index (χ0n) is 7.03. The minimum atomic E-state index is 0.679. The summed E-state index contributed by atoms with van der Waals surface area (Å²) in [6, 6.07) is 11.1. The highest BCUT2D eigenvalue weighted by Gasteiger charge is 1.96. The van der Waals surface area contributed by atoms with Crippen LogP contribution in [-0.2, 0) is 0 Å². The summed E-state index contributed by atoms with van der Waals surface area (Å²) in [6.07, 6.45) is 0.836. The Labute approximate surface area is 77.8 Å². The fourth-order valence-corrected chi connectivity index (χ4v) is 1.40. The van der Waals surface area contributed by atoms with Crippen LogP contribution in [0.15, 0.2) is 36.4 Å². The molecule has 0 N–H and O–H groups in total. The number of carbonyl (C=O) groups excluding carboxylic acids is 1. The van der Waals surface area contributed by atoms with Gasteiger partial charge in [0.25, 0.3) is 0 Å². The number of rotatable bonds is 1. The number of hydrogen-bond donors (Lipinski definition) is 0. The fourth-order valence-electron chi connectivity index (χ4n) is 1.40. The van der Waals surface area contributed by atoms with Gasteiger partial charge in [-0.25, -0.2) is 0 Å². The molecule has 0 aliphatic heterocycles. The van der Waals surface area contributed by atoms with Crippen molar-refractivity contribution in [3.05, 3.63) is 42.0 Å². The van der Waals surface area contributed by atoms with Crippen molar-refractivity contribution in [3.63, 3.8) is 0 Å². The highest BCUT2D eigenvalue weighted by Crippen LogP contribution is 2.12. The van der Waals surface area contributed by atoms with Crippen LogP contribution in [0.25, 0.3) is 10.8 Å². The number of carbonyl (C=O) groups is 1. The third-order valence-electron chi connectivity index (χ3n) is 2.07. The zero-order chi connectivity index (χ0) is 9.26. The van der Waals surface area contributed by atoms with Crippen molar-refractivity contribution in [2.45, 2.75) is 0 Å². The fraction of sp³-hybridized carbons (Fsp3) is 0. The highest BCUT2D eigenvalue weighted by molar-refractivity contribution is 6.38. The predicted octanol–water partition coefficient (Wildman–Crippen LogP) is 1.45. The summed E-state index contributed by atoms with van der Waals surface area (Å²) in [5.41, 5.74) is 1.42. The van der Waals surface area contributed by atoms with Crippen molar-refractivity contribution in [1.29, 1.82) is 0 Å². The summed E-state index contributed by atoms with van der Waals surface area (Å²) < 4.78 is 0. The van der Waals surface area contributed by atoms with Gasteiger partial charge in [0.2, 0.25) is 0 Å². The first kappa shape index (κ1) is 8.05. The van der Waals surface area contributed by atoms with Crippen molar-refractivity contribution >= 4 is 30.4 Å². The molecule has 2 radical (unpaired) electrons. The lowest BCUT2D eigenvalue weighted by atomic mass is 9.90. The predicted molar refractivity (Wildman–Crippen MR) is 54.7 cm³/mol. The molecule has 0 spiro atoms. The SMILES string of the molecule is [B]c1cccc2cc(C=O)ccc12. The highest BCUT2D eigenvalue weighted by atomic mass is 16.1. The molecule has 0 amide bonds. The van der Waals surface area contributed by atoms with E-state index in [1.807, 2.05) is 30.3 Å². The molecule has 0 aromatic heterocycles. The first-order chi connectivity index (χ1) is 6.31. The maximum absolute atomic E-state index is 10.5. The lowest BCUT2D eigenvalue weighted by Crippen LogP contribution is -2.02. The van der Waals surface area contributed by atoms with E-state index in [9.17, 15) is 4.79 Å². The van der Waals surface area contributed by atoms with Crippen LogP contribution in [-0.4, -0.2) is 14.1 Å². The van der Waals surface area contributed by atoms with E-state index in [0.717, 1.165) is 22.5 Å². The van der Waals surface area contributed by atoms with Crippen molar-refractivity contribution in [1.82, 2.24) is 0 Å². The van der Waals surface area contributed by atoms with E-state index < -0.39 is 0 Å². The third-order valence-corrected chi connectivity index (χ3v) is 2.07. The summed E-state index contributed by atoms with van der Waals surface area (Å²) >= 11 is 0. The molecule has 2 aromatic rings. The van der Waals surface area contributed by atoms with E-state index in [-0.39, 0.29) is 0 Å². The molecule has 0 unspecified atom stereocenters. The summed E-state index contributed by atoms with van der Waals surface area (Å²) in [4.78, 5) is 10.5. The molecule has 0 saturated carbocycles. The average molecular weight is 166 g/mol. The van der Waals surface area contributed by atoms with Gasteiger partial charge in [0.05, 0.1) is 0 Å². The zero-order valence-corrected chi connectivity index (χ0v) is 7.03. The lowest BCUT2D eigenvalue weighted by Gasteiger charge is -2.01. The molecule has 0 saturated heterocycles. The maximum atomic E-state index is 10.5. The summed E-state index contributed by atoms with van der Waals surface area (Å²) in [7, 11) is 5.76. The van der Waals surface area contributed by atoms with Gasteiger partial charge in [-0.1, -0.05) is 35.8 Å². The Bertz CT molecular complexity index is 463. The molecule has 0 bridgehead atoms. The van der Waals surface area contributed by atoms with Crippen LogP contribution >= 0.6 is 0 Å². The van der Waals surface area contributed by atoms with Crippen LogP contribution in [0.1, 0.15) is 10.4 Å². The Morgan fingerprint density at radius 3 is 2.77 bits per heavy atom. The molecule has 0 fully saturated rings. The second-order valence-corrected chi connectivity index (χ2v) is 2.95. The Balaban J connectivity index is 2.79. The van der Waals surface area contributed by atoms with Crippen LogP contribution in [0.3, 0.4) is 0 Å². The van der Waals surface area contributed by atoms with Gasteiger partial charge in [0, 0.05) is 5.56 Å². The van der Waals surface area contributed by atoms with Gasteiger partial charge in [0.15, 0.2) is 0 Å². The monoisotopic (exact) mass is 166 g/mol. The van der Waals surface area contributed by atoms with Gasteiger partial charge < -0.3 is 0 Å². The van der Waals surface area contributed by atoms with Gasteiger partial charge in [-0.05, 0) is 16.8 Å². The minimum Gasteiger partial charge on any atom is -0.298 e. The number of hydrogen-bond acceptors (Lipinski definition) is 1. The molecular weight excluding hydrogens is 159 g/mol. The van der Waals surface area contributed by atoms with Gasteiger partial charge in [-0.15, -0.1) is 0 Å². The van der Waals surface area contributed by atoms with Gasteiger partial charge in [-0.3, -0.25) is 4.79 Å². The minimum absolute atomic E-state index is 0.679. The summed E-state index contributed by atoms with van der Waals surface area (Å²) in [5, 5.41) is 2.00. The van der Waals surface area contributed by atoms with E-state index in [2.05, 4.69) is 0 Å². The molecule has 60 valence electrons. The Morgan fingerprint density at radius 2 is 2.00 bits per heavy atom. The quantitative estimate of drug-likeness (QED) is 0.462. The number of fused-ring (bicyclic) bond motifs is 1. The first-order valence-electron chi connectivity index (χ1n) is 4.05. The Morgan fingerprint density at radius 1 is 1.15 bits per heavy atom. The molecule has 1 nitrogen and oxygen atoms in total. The van der Waals surface area contributed by atoms with E-state index in [1.165, 1.54) is 0 Å². The van der Waals surface area contributed by atoms with Crippen molar-refractivity contribution in [3.8, 4) is 0 Å². The first-order valence-corrected chi connectivity index (χ1v) is 4.05. The van der Waals surface area contributed by atoms with Gasteiger partial charge in [0.1, 0.15) is 14.1 Å². The van der Waals surface area contributed by atoms with Crippen molar-refractivity contribution < 1.29 is 4.79 Å². The molecule has 2 aromatic carbocycles. The third kappa shape index (κ3) is 1.35. The average Bonchev–Trinajstić information content (AvgIpc) is 2.18. The Kier molecular flexibility index (Phi) is 1.89. The van der Waals surface area contributed by atoms with Crippen LogP contribution < -0.4 is 5.46 Å². The van der Waals surface area contributed by atoms with Crippen LogP contribution in [0.2, 0.25) is 0 Å². The largest absolute Gasteiger partial charge is 0.298 e. The van der Waals surface area contributed by atoms with Gasteiger partial charge in [-0.2, -0.15) is 0 Å². The second kappa shape index (κ2) is 3.06. The molecule has 0 atom stereocenters. The number of benzene rings is 2. The smallest absolute Gasteiger partial charge is 0.150 e. The molecule has 2 heteroatoms. The van der Waals surface area contributed by atoms with E-state index in [1.54, 1.807) is 6.07 Å². The molecule has 0 aliphatic rings. The van der Waals surface area contributed by atoms with E-state index in [0.29, 0.717) is 5.56 Å². The topological polar surface area (TPSA) is 17.1 Å². The second-order valence-electron chi connectivity index (χ2n) is 2.95. The normalized spacial score (nSPS) is 10.2. The maximum Gasteiger partial charge on any atom is 0.150 e. The van der Waals surface area contributed by atoms with Gasteiger partial charge >= 0.3 is 0 Å². The van der Waals surface area contributed by atoms with E-state index >= 15 is 0 Å². The van der Waals surface area contributed by atoms with Crippen LogP contribution in [0.5, 0.6) is 0 Å².